The number of halogens is 4. The number of amides is 2. The molecule has 0 unspecified atom stereocenters. The first-order valence-electron chi connectivity index (χ1n) is 8.37. The van der Waals surface area contributed by atoms with Gasteiger partial charge in [-0.3, -0.25) is 14.9 Å². The van der Waals surface area contributed by atoms with Crippen molar-refractivity contribution >= 4 is 45.7 Å². The van der Waals surface area contributed by atoms with Crippen molar-refractivity contribution in [3.8, 4) is 5.75 Å². The summed E-state index contributed by atoms with van der Waals surface area (Å²) in [5, 5.41) is 12.7. The molecule has 31 heavy (non-hydrogen) atoms. The van der Waals surface area contributed by atoms with Crippen LogP contribution in [-0.4, -0.2) is 34.1 Å². The molecule has 13 heteroatoms. The number of benzene rings is 2. The predicted molar refractivity (Wildman–Crippen MR) is 107 cm³/mol. The first-order valence-corrected chi connectivity index (χ1v) is 10.2. The van der Waals surface area contributed by atoms with E-state index in [-0.39, 0.29) is 22.1 Å². The van der Waals surface area contributed by atoms with E-state index in [4.69, 9.17) is 0 Å². The molecule has 3 rings (SSSR count). The molecule has 2 amide bonds. The van der Waals surface area contributed by atoms with Gasteiger partial charge in [0.05, 0.1) is 11.3 Å². The van der Waals surface area contributed by atoms with Gasteiger partial charge in [0.25, 0.3) is 5.91 Å². The zero-order valence-corrected chi connectivity index (χ0v) is 16.9. The van der Waals surface area contributed by atoms with E-state index in [1.807, 2.05) is 0 Å². The summed E-state index contributed by atoms with van der Waals surface area (Å²) in [5.74, 6) is -2.24. The van der Waals surface area contributed by atoms with Crippen molar-refractivity contribution in [1.82, 2.24) is 10.2 Å². The number of thioether (sulfide) groups is 1. The van der Waals surface area contributed by atoms with Crippen LogP contribution in [0, 0.1) is 5.82 Å². The van der Waals surface area contributed by atoms with Crippen LogP contribution in [0.4, 0.5) is 28.4 Å². The van der Waals surface area contributed by atoms with E-state index in [0.29, 0.717) is 4.34 Å². The highest BCUT2D eigenvalue weighted by atomic mass is 32.2. The van der Waals surface area contributed by atoms with Gasteiger partial charge in [0.15, 0.2) is 4.34 Å². The Morgan fingerprint density at radius 1 is 1.03 bits per heavy atom. The van der Waals surface area contributed by atoms with Gasteiger partial charge in [0, 0.05) is 5.69 Å². The minimum Gasteiger partial charge on any atom is -0.406 e. The summed E-state index contributed by atoms with van der Waals surface area (Å²) in [6.07, 6.45) is -4.79. The highest BCUT2D eigenvalue weighted by molar-refractivity contribution is 8.01. The molecule has 0 aliphatic rings. The molecule has 0 fully saturated rings. The van der Waals surface area contributed by atoms with Gasteiger partial charge < -0.3 is 10.1 Å². The lowest BCUT2D eigenvalue weighted by Gasteiger charge is -2.09. The molecule has 2 aromatic carbocycles. The van der Waals surface area contributed by atoms with Crippen LogP contribution in [0.25, 0.3) is 0 Å². The Labute approximate surface area is 180 Å². The maximum atomic E-state index is 13.6. The summed E-state index contributed by atoms with van der Waals surface area (Å²) in [4.78, 5) is 24.1. The van der Waals surface area contributed by atoms with Crippen LogP contribution in [0.2, 0.25) is 0 Å². The maximum absolute atomic E-state index is 13.6. The maximum Gasteiger partial charge on any atom is 0.573 e. The standard InChI is InChI=1S/C18H12F4N4O3S2/c19-13-4-2-1-3-12(13)15(28)24-16-25-26-17(31-16)30-9-14(27)23-10-5-7-11(8-6-10)29-18(20,21)22/h1-8H,9H2,(H,23,27)(H,24,25,28). The molecule has 0 radical (unpaired) electrons. The van der Waals surface area contributed by atoms with Crippen LogP contribution in [0.5, 0.6) is 5.75 Å². The first-order chi connectivity index (χ1) is 14.7. The van der Waals surface area contributed by atoms with Crippen molar-refractivity contribution in [2.75, 3.05) is 16.4 Å². The van der Waals surface area contributed by atoms with E-state index >= 15 is 0 Å². The van der Waals surface area contributed by atoms with Crippen LogP contribution in [0.15, 0.2) is 52.9 Å². The number of alkyl halides is 3. The van der Waals surface area contributed by atoms with Crippen molar-refractivity contribution in [2.45, 2.75) is 10.7 Å². The highest BCUT2D eigenvalue weighted by Crippen LogP contribution is 2.27. The van der Waals surface area contributed by atoms with Crippen LogP contribution in [-0.2, 0) is 4.79 Å². The van der Waals surface area contributed by atoms with E-state index in [2.05, 4.69) is 25.6 Å². The molecule has 0 aliphatic heterocycles. The Bertz CT molecular complexity index is 1070. The summed E-state index contributed by atoms with van der Waals surface area (Å²) < 4.78 is 54.2. The Morgan fingerprint density at radius 3 is 2.42 bits per heavy atom. The fourth-order valence-corrected chi connectivity index (χ4v) is 3.74. The molecule has 0 bridgehead atoms. The molecule has 0 saturated heterocycles. The topological polar surface area (TPSA) is 93.2 Å². The Kier molecular flexibility index (Phi) is 7.07. The van der Waals surface area contributed by atoms with E-state index in [1.165, 1.54) is 30.3 Å². The van der Waals surface area contributed by atoms with Gasteiger partial charge in [-0.25, -0.2) is 4.39 Å². The number of ether oxygens (including phenoxy) is 1. The largest absolute Gasteiger partial charge is 0.573 e. The van der Waals surface area contributed by atoms with Crippen LogP contribution in [0.3, 0.4) is 0 Å². The van der Waals surface area contributed by atoms with E-state index in [9.17, 15) is 27.2 Å². The van der Waals surface area contributed by atoms with E-state index in [0.717, 1.165) is 41.3 Å². The zero-order chi connectivity index (χ0) is 22.4. The third kappa shape index (κ3) is 6.93. The van der Waals surface area contributed by atoms with Gasteiger partial charge in [0.2, 0.25) is 11.0 Å². The van der Waals surface area contributed by atoms with Crippen LogP contribution < -0.4 is 15.4 Å². The van der Waals surface area contributed by atoms with Crippen molar-refractivity contribution in [2.24, 2.45) is 0 Å². The van der Waals surface area contributed by atoms with E-state index in [1.54, 1.807) is 0 Å². The lowest BCUT2D eigenvalue weighted by molar-refractivity contribution is -0.274. The zero-order valence-electron chi connectivity index (χ0n) is 15.3. The number of anilines is 2. The summed E-state index contributed by atoms with van der Waals surface area (Å²) in [6, 6.07) is 10.2. The van der Waals surface area contributed by atoms with Gasteiger partial charge in [-0.05, 0) is 36.4 Å². The molecule has 0 spiro atoms. The van der Waals surface area contributed by atoms with Gasteiger partial charge in [-0.1, -0.05) is 35.2 Å². The number of aromatic nitrogens is 2. The molecule has 7 nitrogen and oxygen atoms in total. The molecular formula is C18H12F4N4O3S2. The summed E-state index contributed by atoms with van der Waals surface area (Å²) in [5.41, 5.74) is 0.146. The van der Waals surface area contributed by atoms with Crippen molar-refractivity contribution in [1.29, 1.82) is 0 Å². The Morgan fingerprint density at radius 2 is 1.74 bits per heavy atom. The third-order valence-corrected chi connectivity index (χ3v) is 5.42. The lowest BCUT2D eigenvalue weighted by atomic mass is 10.2. The predicted octanol–water partition coefficient (Wildman–Crippen LogP) is 4.56. The SMILES string of the molecule is O=C(CSc1nnc(NC(=O)c2ccccc2F)s1)Nc1ccc(OC(F)(F)F)cc1. The average Bonchev–Trinajstić information content (AvgIpc) is 3.14. The highest BCUT2D eigenvalue weighted by Gasteiger charge is 2.31. The Hall–Kier alpha value is -3.19. The summed E-state index contributed by atoms with van der Waals surface area (Å²) in [6.45, 7) is 0. The molecule has 1 heterocycles. The molecule has 0 saturated carbocycles. The normalized spacial score (nSPS) is 11.1. The monoisotopic (exact) mass is 472 g/mol. The lowest BCUT2D eigenvalue weighted by Crippen LogP contribution is -2.17. The van der Waals surface area contributed by atoms with Crippen LogP contribution in [0.1, 0.15) is 10.4 Å². The minimum absolute atomic E-state index is 0.0588. The second-order valence-electron chi connectivity index (χ2n) is 5.72. The fraction of sp³-hybridized carbons (Fsp3) is 0.111. The van der Waals surface area contributed by atoms with Gasteiger partial charge >= 0.3 is 6.36 Å². The number of carbonyl (C=O) groups excluding carboxylic acids is 2. The number of hydrogen-bond acceptors (Lipinski definition) is 7. The van der Waals surface area contributed by atoms with Crippen molar-refractivity contribution < 1.29 is 31.9 Å². The number of carbonyl (C=O) groups is 2. The quantitative estimate of drug-likeness (QED) is 0.298. The number of nitrogens with one attached hydrogen (secondary N) is 2. The molecule has 1 aromatic heterocycles. The molecule has 162 valence electrons. The molecular weight excluding hydrogens is 460 g/mol. The van der Waals surface area contributed by atoms with Crippen molar-refractivity contribution in [3.05, 3.63) is 59.9 Å². The van der Waals surface area contributed by atoms with Gasteiger partial charge in [-0.2, -0.15) is 0 Å². The smallest absolute Gasteiger partial charge is 0.406 e. The molecule has 2 N–H and O–H groups in total. The van der Waals surface area contributed by atoms with Gasteiger partial charge in [0.1, 0.15) is 11.6 Å². The van der Waals surface area contributed by atoms with Crippen LogP contribution >= 0.6 is 23.1 Å². The number of hydrogen-bond donors (Lipinski definition) is 2. The average molecular weight is 472 g/mol. The number of rotatable bonds is 7. The van der Waals surface area contributed by atoms with E-state index < -0.39 is 29.7 Å². The first kappa shape index (κ1) is 22.5. The second-order valence-corrected chi connectivity index (χ2v) is 7.92. The molecule has 0 aliphatic carbocycles. The third-order valence-electron chi connectivity index (χ3n) is 3.44. The fourth-order valence-electron chi connectivity index (χ4n) is 2.19. The van der Waals surface area contributed by atoms with Gasteiger partial charge in [-0.15, -0.1) is 23.4 Å². The summed E-state index contributed by atoms with van der Waals surface area (Å²) in [7, 11) is 0. The summed E-state index contributed by atoms with van der Waals surface area (Å²) >= 11 is 2.04. The molecule has 3 aromatic rings. The second kappa shape index (κ2) is 9.75. The Balaban J connectivity index is 1.48. The van der Waals surface area contributed by atoms with Crippen molar-refractivity contribution in [3.63, 3.8) is 0 Å². The number of nitrogens with zero attached hydrogens (tertiary/aromatic N) is 2. The molecule has 0 atom stereocenters. The minimum atomic E-state index is -4.79.